The molecule has 0 aliphatic heterocycles. The number of halogens is 2. The minimum absolute atomic E-state index is 0.129. The van der Waals surface area contributed by atoms with E-state index < -0.39 is 0 Å². The van der Waals surface area contributed by atoms with Gasteiger partial charge in [0.2, 0.25) is 0 Å². The predicted molar refractivity (Wildman–Crippen MR) is 114 cm³/mol. The molecule has 0 saturated carbocycles. The third-order valence-electron chi connectivity index (χ3n) is 4.31. The molecular formula is C22H14Cl2N2O2. The van der Waals surface area contributed by atoms with Gasteiger partial charge in [-0.1, -0.05) is 59.6 Å². The van der Waals surface area contributed by atoms with Crippen molar-refractivity contribution in [2.24, 2.45) is 0 Å². The van der Waals surface area contributed by atoms with Crippen LogP contribution in [0.1, 0.15) is 11.4 Å². The van der Waals surface area contributed by atoms with Crippen LogP contribution in [0.5, 0.6) is 5.75 Å². The standard InChI is InChI=1S/C22H14Cl2N2O2/c23-16-8-5-9-17(24)21(16)26-20(13-12-14-6-1-4-11-19(14)27)25-18-10-3-2-7-15(18)22(26)28/h1-13,27H. The number of rotatable bonds is 3. The number of phenolic OH excluding ortho intramolecular Hbond substituents is 1. The summed E-state index contributed by atoms with van der Waals surface area (Å²) in [5.41, 5.74) is 1.24. The van der Waals surface area contributed by atoms with E-state index in [0.29, 0.717) is 38.0 Å². The van der Waals surface area contributed by atoms with E-state index in [1.807, 2.05) is 12.1 Å². The van der Waals surface area contributed by atoms with E-state index in [1.54, 1.807) is 66.7 Å². The fourth-order valence-corrected chi connectivity index (χ4v) is 3.54. The quantitative estimate of drug-likeness (QED) is 0.482. The molecule has 1 heterocycles. The van der Waals surface area contributed by atoms with Crippen molar-refractivity contribution >= 4 is 46.3 Å². The maximum absolute atomic E-state index is 13.3. The molecule has 4 aromatic rings. The van der Waals surface area contributed by atoms with Gasteiger partial charge in [-0.2, -0.15) is 0 Å². The monoisotopic (exact) mass is 408 g/mol. The lowest BCUT2D eigenvalue weighted by molar-refractivity contribution is 0.474. The van der Waals surface area contributed by atoms with Crippen LogP contribution in [-0.2, 0) is 0 Å². The average molecular weight is 409 g/mol. The highest BCUT2D eigenvalue weighted by atomic mass is 35.5. The first-order valence-corrected chi connectivity index (χ1v) is 9.24. The summed E-state index contributed by atoms with van der Waals surface area (Å²) in [4.78, 5) is 17.9. The lowest BCUT2D eigenvalue weighted by atomic mass is 10.2. The number of para-hydroxylation sites is 3. The maximum atomic E-state index is 13.3. The van der Waals surface area contributed by atoms with Gasteiger partial charge in [-0.05, 0) is 42.5 Å². The van der Waals surface area contributed by atoms with Crippen LogP contribution in [0.25, 0.3) is 28.7 Å². The molecule has 0 saturated heterocycles. The van der Waals surface area contributed by atoms with Crippen molar-refractivity contribution in [3.63, 3.8) is 0 Å². The molecule has 0 radical (unpaired) electrons. The van der Waals surface area contributed by atoms with Gasteiger partial charge in [0.1, 0.15) is 11.6 Å². The second-order valence-electron chi connectivity index (χ2n) is 6.09. The topological polar surface area (TPSA) is 55.1 Å². The summed E-state index contributed by atoms with van der Waals surface area (Å²) in [5.74, 6) is 0.478. The zero-order valence-corrected chi connectivity index (χ0v) is 16.0. The van der Waals surface area contributed by atoms with Crippen LogP contribution in [0.2, 0.25) is 10.0 Å². The van der Waals surface area contributed by atoms with E-state index >= 15 is 0 Å². The van der Waals surface area contributed by atoms with E-state index in [1.165, 1.54) is 4.57 Å². The summed E-state index contributed by atoms with van der Waals surface area (Å²) in [6.45, 7) is 0. The van der Waals surface area contributed by atoms with Gasteiger partial charge >= 0.3 is 0 Å². The van der Waals surface area contributed by atoms with Gasteiger partial charge in [-0.3, -0.25) is 9.36 Å². The summed E-state index contributed by atoms with van der Waals surface area (Å²) in [6, 6.07) is 19.0. The first-order chi connectivity index (χ1) is 13.6. The third-order valence-corrected chi connectivity index (χ3v) is 4.92. The fraction of sp³-hybridized carbons (Fsp3) is 0. The average Bonchev–Trinajstić information content (AvgIpc) is 2.69. The molecule has 0 fully saturated rings. The normalized spacial score (nSPS) is 11.4. The van der Waals surface area contributed by atoms with E-state index in [9.17, 15) is 9.90 Å². The maximum Gasteiger partial charge on any atom is 0.266 e. The van der Waals surface area contributed by atoms with Crippen molar-refractivity contribution in [3.05, 3.63) is 98.5 Å². The first-order valence-electron chi connectivity index (χ1n) is 8.48. The van der Waals surface area contributed by atoms with Crippen LogP contribution in [0.15, 0.2) is 71.5 Å². The van der Waals surface area contributed by atoms with Gasteiger partial charge in [-0.15, -0.1) is 0 Å². The SMILES string of the molecule is O=c1c2ccccc2nc(C=Cc2ccccc2O)n1-c1c(Cl)cccc1Cl. The molecule has 0 bridgehead atoms. The van der Waals surface area contributed by atoms with Crippen LogP contribution in [0, 0.1) is 0 Å². The summed E-state index contributed by atoms with van der Waals surface area (Å²) in [7, 11) is 0. The number of fused-ring (bicyclic) bond motifs is 1. The van der Waals surface area contributed by atoms with Gasteiger partial charge in [0.05, 0.1) is 26.6 Å². The Labute approximate surface area is 170 Å². The summed E-state index contributed by atoms with van der Waals surface area (Å²) in [6.07, 6.45) is 3.34. The molecule has 28 heavy (non-hydrogen) atoms. The van der Waals surface area contributed by atoms with Crippen LogP contribution < -0.4 is 5.56 Å². The highest BCUT2D eigenvalue weighted by molar-refractivity contribution is 6.37. The molecule has 3 aromatic carbocycles. The van der Waals surface area contributed by atoms with Gasteiger partial charge in [-0.25, -0.2) is 4.98 Å². The highest BCUT2D eigenvalue weighted by Gasteiger charge is 2.16. The van der Waals surface area contributed by atoms with Crippen LogP contribution >= 0.6 is 23.2 Å². The molecule has 6 heteroatoms. The Morgan fingerprint density at radius 2 is 1.54 bits per heavy atom. The van der Waals surface area contributed by atoms with Gasteiger partial charge in [0.25, 0.3) is 5.56 Å². The number of aromatic hydroxyl groups is 1. The fourth-order valence-electron chi connectivity index (χ4n) is 2.97. The molecule has 0 aliphatic rings. The number of nitrogens with zero attached hydrogens (tertiary/aromatic N) is 2. The van der Waals surface area contributed by atoms with Crippen molar-refractivity contribution in [1.82, 2.24) is 9.55 Å². The zero-order chi connectivity index (χ0) is 19.7. The molecule has 0 amide bonds. The Hall–Kier alpha value is -3.08. The van der Waals surface area contributed by atoms with Crippen molar-refractivity contribution in [1.29, 1.82) is 0 Å². The Kier molecular flexibility index (Phi) is 4.90. The third kappa shape index (κ3) is 3.28. The Bertz CT molecular complexity index is 1260. The summed E-state index contributed by atoms with van der Waals surface area (Å²) >= 11 is 12.7. The van der Waals surface area contributed by atoms with Crippen molar-refractivity contribution < 1.29 is 5.11 Å². The number of phenols is 1. The molecule has 138 valence electrons. The minimum Gasteiger partial charge on any atom is -0.507 e. The van der Waals surface area contributed by atoms with E-state index in [4.69, 9.17) is 23.2 Å². The molecule has 1 aromatic heterocycles. The molecule has 1 N–H and O–H groups in total. The lowest BCUT2D eigenvalue weighted by Gasteiger charge is -2.14. The first kappa shape index (κ1) is 18.3. The van der Waals surface area contributed by atoms with Crippen molar-refractivity contribution in [3.8, 4) is 11.4 Å². The number of benzene rings is 3. The summed E-state index contributed by atoms with van der Waals surface area (Å²) in [5, 5.41) is 11.1. The molecule has 0 atom stereocenters. The largest absolute Gasteiger partial charge is 0.507 e. The van der Waals surface area contributed by atoms with E-state index in [0.717, 1.165) is 0 Å². The molecule has 0 unspecified atom stereocenters. The number of aromatic nitrogens is 2. The van der Waals surface area contributed by atoms with Gasteiger partial charge < -0.3 is 5.11 Å². The molecular weight excluding hydrogens is 395 g/mol. The number of hydrogen-bond donors (Lipinski definition) is 1. The van der Waals surface area contributed by atoms with Gasteiger partial charge in [0, 0.05) is 5.56 Å². The molecule has 4 rings (SSSR count). The molecule has 0 aliphatic carbocycles. The lowest BCUT2D eigenvalue weighted by Crippen LogP contribution is -2.23. The Morgan fingerprint density at radius 1 is 0.857 bits per heavy atom. The smallest absolute Gasteiger partial charge is 0.266 e. The highest BCUT2D eigenvalue weighted by Crippen LogP contribution is 2.29. The van der Waals surface area contributed by atoms with Crippen LogP contribution in [0.4, 0.5) is 0 Å². The van der Waals surface area contributed by atoms with E-state index in [2.05, 4.69) is 4.98 Å². The Morgan fingerprint density at radius 3 is 2.29 bits per heavy atom. The minimum atomic E-state index is -0.280. The van der Waals surface area contributed by atoms with Crippen molar-refractivity contribution in [2.75, 3.05) is 0 Å². The second kappa shape index (κ2) is 7.50. The molecule has 0 spiro atoms. The van der Waals surface area contributed by atoms with Gasteiger partial charge in [0.15, 0.2) is 0 Å². The summed E-state index contributed by atoms with van der Waals surface area (Å²) < 4.78 is 1.39. The van der Waals surface area contributed by atoms with E-state index in [-0.39, 0.29) is 11.3 Å². The number of hydrogen-bond acceptors (Lipinski definition) is 3. The van der Waals surface area contributed by atoms with Crippen LogP contribution in [0.3, 0.4) is 0 Å². The predicted octanol–water partition coefficient (Wildman–Crippen LogP) is 5.57. The van der Waals surface area contributed by atoms with Crippen molar-refractivity contribution in [2.45, 2.75) is 0 Å². The zero-order valence-electron chi connectivity index (χ0n) is 14.5. The second-order valence-corrected chi connectivity index (χ2v) is 6.90. The Balaban J connectivity index is 2.02. The molecule has 4 nitrogen and oxygen atoms in total. The van der Waals surface area contributed by atoms with Crippen LogP contribution in [-0.4, -0.2) is 14.7 Å².